The van der Waals surface area contributed by atoms with E-state index in [0.717, 1.165) is 5.56 Å². The fourth-order valence-corrected chi connectivity index (χ4v) is 3.69. The summed E-state index contributed by atoms with van der Waals surface area (Å²) in [5, 5.41) is 5.60. The predicted molar refractivity (Wildman–Crippen MR) is 137 cm³/mol. The number of ether oxygens (including phenoxy) is 1. The van der Waals surface area contributed by atoms with E-state index in [1.54, 1.807) is 78.9 Å². The van der Waals surface area contributed by atoms with E-state index in [4.69, 9.17) is 4.74 Å². The molecule has 0 radical (unpaired) electrons. The third-order valence-corrected chi connectivity index (χ3v) is 5.56. The van der Waals surface area contributed by atoms with Gasteiger partial charge < -0.3 is 15.4 Å². The molecule has 2 N–H and O–H groups in total. The Bertz CT molecular complexity index is 1280. The second kappa shape index (κ2) is 12.1. The minimum Gasteiger partial charge on any atom is -0.445 e. The zero-order valence-electron chi connectivity index (χ0n) is 19.5. The molecule has 0 aliphatic rings. The summed E-state index contributed by atoms with van der Waals surface area (Å²) in [6.07, 6.45) is -1.19. The molecule has 0 aliphatic heterocycles. The van der Waals surface area contributed by atoms with Gasteiger partial charge in [-0.15, -0.1) is 0 Å². The molecule has 180 valence electrons. The quantitative estimate of drug-likeness (QED) is 0.340. The van der Waals surface area contributed by atoms with Crippen LogP contribution in [-0.4, -0.2) is 17.8 Å². The van der Waals surface area contributed by atoms with Gasteiger partial charge in [0.25, 0.3) is 11.8 Å². The maximum absolute atomic E-state index is 13.5. The van der Waals surface area contributed by atoms with Crippen LogP contribution in [0.4, 0.5) is 0 Å². The highest BCUT2D eigenvalue weighted by Gasteiger charge is 2.31. The molecule has 0 unspecified atom stereocenters. The highest BCUT2D eigenvalue weighted by atomic mass is 16.5. The van der Waals surface area contributed by atoms with Crippen molar-refractivity contribution in [2.24, 2.45) is 0 Å². The number of hydrogen-bond acceptors (Lipinski definition) is 4. The first-order chi connectivity index (χ1) is 17.6. The van der Waals surface area contributed by atoms with Crippen molar-refractivity contribution in [2.45, 2.75) is 18.7 Å². The van der Waals surface area contributed by atoms with E-state index < -0.39 is 29.9 Å². The molecule has 36 heavy (non-hydrogen) atoms. The minimum atomic E-state index is -1.19. The van der Waals surface area contributed by atoms with Crippen LogP contribution in [-0.2, 0) is 20.9 Å². The van der Waals surface area contributed by atoms with Crippen molar-refractivity contribution in [3.63, 3.8) is 0 Å². The summed E-state index contributed by atoms with van der Waals surface area (Å²) < 4.78 is 5.77. The normalized spacial score (nSPS) is 12.1. The Labute approximate surface area is 209 Å². The van der Waals surface area contributed by atoms with Gasteiger partial charge in [0.05, 0.1) is 0 Å². The van der Waals surface area contributed by atoms with Crippen LogP contribution in [0.5, 0.6) is 0 Å². The number of rotatable bonds is 9. The first-order valence-corrected chi connectivity index (χ1v) is 11.6. The lowest BCUT2D eigenvalue weighted by Gasteiger charge is -2.23. The molecule has 4 rings (SSSR count). The van der Waals surface area contributed by atoms with Crippen molar-refractivity contribution in [1.82, 2.24) is 10.6 Å². The maximum Gasteiger partial charge on any atom is 0.334 e. The lowest BCUT2D eigenvalue weighted by Crippen LogP contribution is -2.38. The SMILES string of the molecule is O=C(N[C@@H](C(=O)O[C@@H](C(=O)NCc1ccccc1)c1ccccc1)c1ccccc1)c1ccccc1. The van der Waals surface area contributed by atoms with Gasteiger partial charge in [-0.3, -0.25) is 9.59 Å². The van der Waals surface area contributed by atoms with Crippen molar-refractivity contribution >= 4 is 17.8 Å². The summed E-state index contributed by atoms with van der Waals surface area (Å²) in [5.74, 6) is -1.63. The predicted octanol–water partition coefficient (Wildman–Crippen LogP) is 4.76. The molecule has 0 aromatic heterocycles. The summed E-state index contributed by atoms with van der Waals surface area (Å²) >= 11 is 0. The van der Waals surface area contributed by atoms with Crippen molar-refractivity contribution in [3.8, 4) is 0 Å². The lowest BCUT2D eigenvalue weighted by molar-refractivity contribution is -0.158. The molecular formula is C30H26N2O4. The molecule has 2 amide bonds. The molecule has 0 bridgehead atoms. The van der Waals surface area contributed by atoms with E-state index >= 15 is 0 Å². The molecule has 0 fully saturated rings. The van der Waals surface area contributed by atoms with Crippen LogP contribution >= 0.6 is 0 Å². The number of esters is 1. The molecule has 4 aromatic carbocycles. The van der Waals surface area contributed by atoms with Gasteiger partial charge in [0.15, 0.2) is 6.04 Å². The van der Waals surface area contributed by atoms with Crippen LogP contribution in [0.2, 0.25) is 0 Å². The molecule has 0 saturated heterocycles. The first kappa shape index (κ1) is 24.4. The largest absolute Gasteiger partial charge is 0.445 e. The van der Waals surface area contributed by atoms with Gasteiger partial charge in [0, 0.05) is 17.7 Å². The third-order valence-electron chi connectivity index (χ3n) is 5.56. The molecule has 6 nitrogen and oxygen atoms in total. The van der Waals surface area contributed by atoms with Crippen LogP contribution in [0.25, 0.3) is 0 Å². The van der Waals surface area contributed by atoms with Crippen LogP contribution in [0.1, 0.15) is 39.2 Å². The molecular weight excluding hydrogens is 452 g/mol. The third kappa shape index (κ3) is 6.45. The standard InChI is InChI=1S/C30H26N2O4/c33-28(25-19-11-4-12-20-25)32-26(23-15-7-2-8-16-23)30(35)36-27(24-17-9-3-10-18-24)29(34)31-21-22-13-5-1-6-14-22/h1-20,26-27H,21H2,(H,31,34)(H,32,33)/t26-,27-/m1/s1. The molecule has 0 heterocycles. The zero-order chi connectivity index (χ0) is 25.2. The fraction of sp³-hybridized carbons (Fsp3) is 0.100. The topological polar surface area (TPSA) is 84.5 Å². The van der Waals surface area contributed by atoms with E-state index in [2.05, 4.69) is 10.6 Å². The van der Waals surface area contributed by atoms with Gasteiger partial charge in [-0.1, -0.05) is 109 Å². The van der Waals surface area contributed by atoms with Gasteiger partial charge in [0.1, 0.15) is 0 Å². The van der Waals surface area contributed by atoms with E-state index in [-0.39, 0.29) is 6.54 Å². The van der Waals surface area contributed by atoms with Gasteiger partial charge in [-0.05, 0) is 23.3 Å². The number of hydrogen-bond donors (Lipinski definition) is 2. The Kier molecular flexibility index (Phi) is 8.22. The van der Waals surface area contributed by atoms with Crippen molar-refractivity contribution in [2.75, 3.05) is 0 Å². The molecule has 4 aromatic rings. The number of benzene rings is 4. The Morgan fingerprint density at radius 1 is 0.639 bits per heavy atom. The summed E-state index contributed by atoms with van der Waals surface area (Å²) in [6.45, 7) is 0.285. The van der Waals surface area contributed by atoms with Gasteiger partial charge >= 0.3 is 5.97 Å². The Morgan fingerprint density at radius 2 is 1.14 bits per heavy atom. The number of amides is 2. The summed E-state index contributed by atoms with van der Waals surface area (Å²) in [7, 11) is 0. The molecule has 0 saturated carbocycles. The van der Waals surface area contributed by atoms with Gasteiger partial charge in [-0.25, -0.2) is 4.79 Å². The lowest BCUT2D eigenvalue weighted by atomic mass is 10.1. The van der Waals surface area contributed by atoms with Crippen LogP contribution in [0.15, 0.2) is 121 Å². The Hall–Kier alpha value is -4.71. The van der Waals surface area contributed by atoms with Crippen LogP contribution in [0.3, 0.4) is 0 Å². The number of nitrogens with one attached hydrogen (secondary N) is 2. The average Bonchev–Trinajstić information content (AvgIpc) is 2.95. The average molecular weight is 479 g/mol. The second-order valence-corrected chi connectivity index (χ2v) is 8.11. The maximum atomic E-state index is 13.5. The number of carbonyl (C=O) groups is 3. The van der Waals surface area contributed by atoms with Crippen molar-refractivity contribution in [3.05, 3.63) is 144 Å². The van der Waals surface area contributed by atoms with E-state index in [9.17, 15) is 14.4 Å². The second-order valence-electron chi connectivity index (χ2n) is 8.11. The van der Waals surface area contributed by atoms with Crippen LogP contribution in [0, 0.1) is 0 Å². The van der Waals surface area contributed by atoms with E-state index in [1.165, 1.54) is 0 Å². The summed E-state index contributed by atoms with van der Waals surface area (Å²) in [4.78, 5) is 39.5. The molecule has 0 spiro atoms. The highest BCUT2D eigenvalue weighted by Crippen LogP contribution is 2.23. The Balaban J connectivity index is 1.56. The van der Waals surface area contributed by atoms with Gasteiger partial charge in [-0.2, -0.15) is 0 Å². The monoisotopic (exact) mass is 478 g/mol. The van der Waals surface area contributed by atoms with E-state index in [1.807, 2.05) is 42.5 Å². The smallest absolute Gasteiger partial charge is 0.334 e. The van der Waals surface area contributed by atoms with Gasteiger partial charge in [0.2, 0.25) is 6.10 Å². The molecule has 6 heteroatoms. The van der Waals surface area contributed by atoms with Crippen molar-refractivity contribution < 1.29 is 19.1 Å². The fourth-order valence-electron chi connectivity index (χ4n) is 3.69. The first-order valence-electron chi connectivity index (χ1n) is 11.6. The Morgan fingerprint density at radius 3 is 1.72 bits per heavy atom. The number of carbonyl (C=O) groups excluding carboxylic acids is 3. The van der Waals surface area contributed by atoms with Crippen molar-refractivity contribution in [1.29, 1.82) is 0 Å². The molecule has 2 atom stereocenters. The summed E-state index contributed by atoms with van der Waals surface area (Å²) in [6, 6.07) is 34.6. The van der Waals surface area contributed by atoms with Crippen LogP contribution < -0.4 is 10.6 Å². The zero-order valence-corrected chi connectivity index (χ0v) is 19.5. The highest BCUT2D eigenvalue weighted by molar-refractivity contribution is 5.97. The summed E-state index contributed by atoms with van der Waals surface area (Å²) in [5.41, 5.74) is 2.40. The minimum absolute atomic E-state index is 0.285. The molecule has 0 aliphatic carbocycles. The van der Waals surface area contributed by atoms with E-state index in [0.29, 0.717) is 16.7 Å².